The number of furan rings is 2. The van der Waals surface area contributed by atoms with Gasteiger partial charge in [-0.3, -0.25) is 9.80 Å². The van der Waals surface area contributed by atoms with Gasteiger partial charge in [0.05, 0.1) is 17.6 Å². The third-order valence-electron chi connectivity index (χ3n) is 12.2. The van der Waals surface area contributed by atoms with Crippen LogP contribution in [0.5, 0.6) is 0 Å². The van der Waals surface area contributed by atoms with E-state index in [1.807, 2.05) is 54.7 Å². The van der Waals surface area contributed by atoms with Gasteiger partial charge in [0.15, 0.2) is 5.82 Å². The predicted octanol–water partition coefficient (Wildman–Crippen LogP) is 16.3. The first-order chi connectivity index (χ1) is 32.2. The zero-order chi connectivity index (χ0) is 42.8. The van der Waals surface area contributed by atoms with Crippen molar-refractivity contribution in [2.24, 2.45) is 0 Å². The number of anilines is 6. The van der Waals surface area contributed by atoms with E-state index in [-0.39, 0.29) is 0 Å². The maximum absolute atomic E-state index is 6.39. The average molecular weight is 854 g/mol. The molecule has 8 aromatic carbocycles. The summed E-state index contributed by atoms with van der Waals surface area (Å²) in [6, 6.07) is 71.3. The lowest BCUT2D eigenvalue weighted by Gasteiger charge is -2.24. The molecule has 65 heavy (non-hydrogen) atoms. The third kappa shape index (κ3) is 6.38. The van der Waals surface area contributed by atoms with Gasteiger partial charge in [-0.1, -0.05) is 133 Å². The van der Waals surface area contributed by atoms with Crippen LogP contribution in [0, 0.1) is 0 Å². The van der Waals surface area contributed by atoms with Gasteiger partial charge in [-0.25, -0.2) is 15.0 Å². The highest BCUT2D eigenvalue weighted by molar-refractivity contribution is 7.25. The first-order valence-electron chi connectivity index (χ1n) is 21.5. The Kier molecular flexibility index (Phi) is 8.57. The van der Waals surface area contributed by atoms with E-state index in [1.165, 1.54) is 0 Å². The summed E-state index contributed by atoms with van der Waals surface area (Å²) in [5, 5.41) is 5.26. The van der Waals surface area contributed by atoms with Crippen LogP contribution in [0.2, 0.25) is 0 Å². The molecule has 7 nitrogen and oxygen atoms in total. The zero-order valence-corrected chi connectivity index (χ0v) is 35.5. The third-order valence-corrected chi connectivity index (χ3v) is 13.2. The summed E-state index contributed by atoms with van der Waals surface area (Å²) < 4.78 is 12.8. The van der Waals surface area contributed by atoms with Gasteiger partial charge in [0.1, 0.15) is 43.3 Å². The number of hydrogen-bond donors (Lipinski definition) is 0. The summed E-state index contributed by atoms with van der Waals surface area (Å²) in [7, 11) is 0. The molecule has 0 aliphatic heterocycles. The van der Waals surface area contributed by atoms with Crippen LogP contribution in [-0.2, 0) is 0 Å². The number of para-hydroxylation sites is 2. The molecule has 5 aromatic heterocycles. The number of rotatable bonds is 8. The van der Waals surface area contributed by atoms with Gasteiger partial charge in [-0.05, 0) is 95.1 Å². The smallest absolute Gasteiger partial charge is 0.157 e. The first-order valence-corrected chi connectivity index (χ1v) is 22.3. The molecule has 0 bridgehead atoms. The molecule has 0 spiro atoms. The van der Waals surface area contributed by atoms with E-state index in [9.17, 15) is 0 Å². The van der Waals surface area contributed by atoms with Crippen molar-refractivity contribution < 1.29 is 8.83 Å². The van der Waals surface area contributed by atoms with Gasteiger partial charge in [0, 0.05) is 50.4 Å². The van der Waals surface area contributed by atoms with Crippen LogP contribution in [0.4, 0.5) is 34.4 Å². The Hall–Kier alpha value is -8.59. The molecule has 0 amide bonds. The van der Waals surface area contributed by atoms with Crippen LogP contribution in [0.3, 0.4) is 0 Å². The van der Waals surface area contributed by atoms with Crippen LogP contribution in [0.15, 0.2) is 221 Å². The van der Waals surface area contributed by atoms with Gasteiger partial charge in [0.25, 0.3) is 0 Å². The summed E-state index contributed by atoms with van der Waals surface area (Å²) in [6.45, 7) is 0. The summed E-state index contributed by atoms with van der Waals surface area (Å²) >= 11 is 1.54. The van der Waals surface area contributed by atoms with Crippen molar-refractivity contribution in [1.82, 2.24) is 15.0 Å². The average Bonchev–Trinajstić information content (AvgIpc) is 4.05. The Labute approximate surface area is 376 Å². The Morgan fingerprint density at radius 2 is 0.769 bits per heavy atom. The molecule has 13 aromatic rings. The molecule has 8 heteroatoms. The molecule has 0 aliphatic rings. The standard InChI is InChI=1S/C57H35N5O2S/c1-3-11-36(12-4-1)38-19-23-40(24-20-38)61(42-27-29-46-44-15-7-9-17-49(44)63-51(46)33-42)53-32-31-48-55-57(65-56(48)59-53)60-54(35-58-55)62(41-25-21-39(22-26-41)37-13-5-2-6-14-37)43-28-30-47-45-16-8-10-18-50(45)64-52(47)34-43/h1-35H. The molecule has 0 aliphatic carbocycles. The lowest BCUT2D eigenvalue weighted by Crippen LogP contribution is -2.11. The van der Waals surface area contributed by atoms with Crippen LogP contribution in [0.1, 0.15) is 0 Å². The van der Waals surface area contributed by atoms with Gasteiger partial charge < -0.3 is 8.83 Å². The molecule has 0 saturated carbocycles. The molecule has 0 N–H and O–H groups in total. The normalized spacial score (nSPS) is 11.7. The van der Waals surface area contributed by atoms with E-state index in [4.69, 9.17) is 23.8 Å². The molecule has 0 saturated heterocycles. The maximum Gasteiger partial charge on any atom is 0.157 e. The number of thiophene rings is 1. The van der Waals surface area contributed by atoms with Crippen molar-refractivity contribution in [1.29, 1.82) is 0 Å². The monoisotopic (exact) mass is 853 g/mol. The van der Waals surface area contributed by atoms with Crippen molar-refractivity contribution in [2.75, 3.05) is 9.80 Å². The summed E-state index contributed by atoms with van der Waals surface area (Å²) in [6.07, 6.45) is 1.86. The van der Waals surface area contributed by atoms with E-state index < -0.39 is 0 Å². The van der Waals surface area contributed by atoms with Crippen LogP contribution < -0.4 is 9.80 Å². The highest BCUT2D eigenvalue weighted by atomic mass is 32.1. The minimum atomic E-state index is 0.687. The topological polar surface area (TPSA) is 71.4 Å². The molecule has 0 radical (unpaired) electrons. The second kappa shape index (κ2) is 15.0. The second-order valence-corrected chi connectivity index (χ2v) is 17.0. The number of fused-ring (bicyclic) bond motifs is 9. The van der Waals surface area contributed by atoms with Crippen LogP contribution >= 0.6 is 11.3 Å². The lowest BCUT2D eigenvalue weighted by atomic mass is 10.0. The lowest BCUT2D eigenvalue weighted by molar-refractivity contribution is 0.668. The minimum absolute atomic E-state index is 0.687. The fraction of sp³-hybridized carbons (Fsp3) is 0. The Balaban J connectivity index is 0.929. The molecule has 306 valence electrons. The first kappa shape index (κ1) is 37.0. The summed E-state index contributed by atoms with van der Waals surface area (Å²) in [5.74, 6) is 1.46. The van der Waals surface area contributed by atoms with Crippen molar-refractivity contribution in [3.63, 3.8) is 0 Å². The van der Waals surface area contributed by atoms with E-state index in [0.717, 1.165) is 115 Å². The van der Waals surface area contributed by atoms with Gasteiger partial charge in [-0.15, -0.1) is 0 Å². The van der Waals surface area contributed by atoms with E-state index in [1.54, 1.807) is 11.3 Å². The fourth-order valence-corrected chi connectivity index (χ4v) is 10.0. The quantitative estimate of drug-likeness (QED) is 0.151. The SMILES string of the molecule is c1ccc(-c2ccc(N(c3ccc4c(c3)oc3ccccc34)c3ccc4c(n3)sc3nc(N(c5ccc(-c6ccccc6)cc5)c5ccc6c(c5)oc5ccccc56)cnc34)cc2)cc1. The predicted molar refractivity (Wildman–Crippen MR) is 268 cm³/mol. The van der Waals surface area contributed by atoms with Crippen molar-refractivity contribution in [3.8, 4) is 22.3 Å². The molecule has 0 unspecified atom stereocenters. The Bertz CT molecular complexity index is 3640. The highest BCUT2D eigenvalue weighted by Gasteiger charge is 2.22. The molecule has 0 atom stereocenters. The highest BCUT2D eigenvalue weighted by Crippen LogP contribution is 2.43. The molecular weight excluding hydrogens is 819 g/mol. The fourth-order valence-electron chi connectivity index (χ4n) is 9.03. The Morgan fingerprint density at radius 1 is 0.338 bits per heavy atom. The number of pyridine rings is 1. The van der Waals surface area contributed by atoms with Crippen LogP contribution in [-0.4, -0.2) is 15.0 Å². The van der Waals surface area contributed by atoms with E-state index in [2.05, 4.69) is 168 Å². The van der Waals surface area contributed by atoms with E-state index >= 15 is 0 Å². The van der Waals surface area contributed by atoms with Gasteiger partial charge in [0.2, 0.25) is 0 Å². The zero-order valence-electron chi connectivity index (χ0n) is 34.7. The number of hydrogen-bond acceptors (Lipinski definition) is 8. The van der Waals surface area contributed by atoms with E-state index in [0.29, 0.717) is 5.82 Å². The number of nitrogens with zero attached hydrogens (tertiary/aromatic N) is 5. The van der Waals surface area contributed by atoms with Gasteiger partial charge >= 0.3 is 0 Å². The number of aromatic nitrogens is 3. The number of benzene rings is 8. The maximum atomic E-state index is 6.39. The largest absolute Gasteiger partial charge is 0.456 e. The second-order valence-electron chi connectivity index (χ2n) is 16.1. The van der Waals surface area contributed by atoms with Crippen molar-refractivity contribution in [3.05, 3.63) is 212 Å². The van der Waals surface area contributed by atoms with Crippen molar-refractivity contribution in [2.45, 2.75) is 0 Å². The summed E-state index contributed by atoms with van der Waals surface area (Å²) in [5.41, 5.74) is 12.5. The van der Waals surface area contributed by atoms with Crippen molar-refractivity contribution >= 4 is 110 Å². The Morgan fingerprint density at radius 3 is 1.32 bits per heavy atom. The summed E-state index contributed by atoms with van der Waals surface area (Å²) in [4.78, 5) is 21.8. The molecule has 13 rings (SSSR count). The van der Waals surface area contributed by atoms with Gasteiger partial charge in [-0.2, -0.15) is 0 Å². The molecule has 5 heterocycles. The minimum Gasteiger partial charge on any atom is -0.456 e. The van der Waals surface area contributed by atoms with Crippen LogP contribution in [0.25, 0.3) is 86.7 Å². The molecule has 0 fully saturated rings. The molecular formula is C57H35N5O2S.